The van der Waals surface area contributed by atoms with Crippen LogP contribution in [0.2, 0.25) is 0 Å². The molecule has 0 saturated carbocycles. The molecule has 0 radical (unpaired) electrons. The van der Waals surface area contributed by atoms with Crippen molar-refractivity contribution >= 4 is 22.5 Å². The Labute approximate surface area is 78.1 Å². The molecular weight excluding hydrogens is 174 g/mol. The maximum atomic E-state index is 4.04. The number of thiol groups is 1. The van der Waals surface area contributed by atoms with Gasteiger partial charge in [0.05, 0.1) is 0 Å². The van der Waals surface area contributed by atoms with Crippen molar-refractivity contribution in [2.45, 2.75) is 13.8 Å². The third-order valence-corrected chi connectivity index (χ3v) is 2.07. The van der Waals surface area contributed by atoms with Gasteiger partial charge in [-0.1, -0.05) is 22.9 Å². The molecule has 0 atom stereocenters. The summed E-state index contributed by atoms with van der Waals surface area (Å²) in [5.74, 6) is 1.03. The van der Waals surface area contributed by atoms with Crippen LogP contribution in [0.15, 0.2) is 23.9 Å². The maximum Gasteiger partial charge on any atom is 0.0243 e. The predicted molar refractivity (Wildman–Crippen MR) is 58.0 cm³/mol. The Balaban J connectivity index is 3.42. The molecule has 3 heteroatoms. The van der Waals surface area contributed by atoms with E-state index in [1.54, 1.807) is 10.8 Å². The van der Waals surface area contributed by atoms with E-state index < -0.39 is 0 Å². The van der Waals surface area contributed by atoms with Gasteiger partial charge >= 0.3 is 0 Å². The van der Waals surface area contributed by atoms with Gasteiger partial charge in [-0.05, 0) is 19.9 Å². The summed E-state index contributed by atoms with van der Waals surface area (Å²) in [5, 5.41) is 3.26. The zero-order chi connectivity index (χ0) is 8.53. The molecule has 0 rings (SSSR count). The molecule has 64 valence electrons. The van der Waals surface area contributed by atoms with E-state index in [9.17, 15) is 0 Å². The predicted octanol–water partition coefficient (Wildman–Crippen LogP) is 2.63. The van der Waals surface area contributed by atoms with E-state index in [1.165, 1.54) is 5.70 Å². The molecule has 0 aromatic heterocycles. The molecule has 0 bridgehead atoms. The molecule has 0 aromatic rings. The van der Waals surface area contributed by atoms with Crippen LogP contribution in [0.25, 0.3) is 0 Å². The van der Waals surface area contributed by atoms with Crippen LogP contribution >= 0.6 is 22.5 Å². The van der Waals surface area contributed by atoms with Crippen LogP contribution in [0.1, 0.15) is 13.8 Å². The highest BCUT2D eigenvalue weighted by atomic mass is 33.1. The van der Waals surface area contributed by atoms with Crippen molar-refractivity contribution in [2.24, 2.45) is 0 Å². The Kier molecular flexibility index (Phi) is 8.07. The first-order chi connectivity index (χ1) is 5.31. The number of rotatable bonds is 5. The molecule has 0 aliphatic rings. The lowest BCUT2D eigenvalue weighted by atomic mass is 10.4. The average molecular weight is 189 g/mol. The van der Waals surface area contributed by atoms with Crippen molar-refractivity contribution in [2.75, 3.05) is 12.3 Å². The van der Waals surface area contributed by atoms with Crippen LogP contribution in [-0.4, -0.2) is 12.3 Å². The Hall–Kier alpha value is -0.0200. The van der Waals surface area contributed by atoms with Gasteiger partial charge in [0.2, 0.25) is 0 Å². The van der Waals surface area contributed by atoms with E-state index in [1.807, 2.05) is 19.1 Å². The van der Waals surface area contributed by atoms with Crippen molar-refractivity contribution in [1.29, 1.82) is 0 Å². The summed E-state index contributed by atoms with van der Waals surface area (Å²) >= 11 is 4.04. The fourth-order valence-electron chi connectivity index (χ4n) is 0.593. The second-order valence-corrected chi connectivity index (χ2v) is 3.58. The van der Waals surface area contributed by atoms with Crippen LogP contribution in [0.5, 0.6) is 0 Å². The van der Waals surface area contributed by atoms with Gasteiger partial charge in [0, 0.05) is 18.0 Å². The third-order valence-electron chi connectivity index (χ3n) is 1.14. The van der Waals surface area contributed by atoms with Gasteiger partial charge in [0.1, 0.15) is 0 Å². The smallest absolute Gasteiger partial charge is 0.0243 e. The van der Waals surface area contributed by atoms with Crippen molar-refractivity contribution in [1.82, 2.24) is 5.32 Å². The molecule has 0 aromatic carbocycles. The Morgan fingerprint density at radius 3 is 2.91 bits per heavy atom. The van der Waals surface area contributed by atoms with E-state index in [0.717, 1.165) is 12.3 Å². The molecule has 0 heterocycles. The average Bonchev–Trinajstić information content (AvgIpc) is 2.01. The standard InChI is InChI=1S/C8H15NS2/c1-3-4-5-8(2)9-6-7-11-10/h3-5,9-10H,6-7H2,1-2H3/b4-3-,8-5-. The van der Waals surface area contributed by atoms with Crippen LogP contribution in [0, 0.1) is 0 Å². The minimum Gasteiger partial charge on any atom is -0.388 e. The second kappa shape index (κ2) is 8.08. The molecule has 0 aliphatic carbocycles. The maximum absolute atomic E-state index is 4.04. The molecule has 11 heavy (non-hydrogen) atoms. The third kappa shape index (κ3) is 7.88. The Bertz CT molecular complexity index is 141. The number of hydrogen-bond acceptors (Lipinski definition) is 3. The second-order valence-electron chi connectivity index (χ2n) is 2.14. The van der Waals surface area contributed by atoms with Gasteiger partial charge < -0.3 is 5.32 Å². The highest BCUT2D eigenvalue weighted by Gasteiger charge is 1.84. The summed E-state index contributed by atoms with van der Waals surface area (Å²) in [4.78, 5) is 0. The van der Waals surface area contributed by atoms with Crippen molar-refractivity contribution in [3.63, 3.8) is 0 Å². The molecule has 1 N–H and O–H groups in total. The fourth-order valence-corrected chi connectivity index (χ4v) is 1.06. The lowest BCUT2D eigenvalue weighted by Crippen LogP contribution is -2.13. The molecule has 0 amide bonds. The van der Waals surface area contributed by atoms with E-state index in [4.69, 9.17) is 0 Å². The van der Waals surface area contributed by atoms with Crippen LogP contribution in [-0.2, 0) is 0 Å². The number of hydrogen-bond donors (Lipinski definition) is 2. The van der Waals surface area contributed by atoms with E-state index in [2.05, 4.69) is 30.0 Å². The van der Waals surface area contributed by atoms with E-state index in [-0.39, 0.29) is 0 Å². The molecule has 0 fully saturated rings. The van der Waals surface area contributed by atoms with Gasteiger partial charge in [-0.15, -0.1) is 11.7 Å². The summed E-state index contributed by atoms with van der Waals surface area (Å²) in [5.41, 5.74) is 1.20. The van der Waals surface area contributed by atoms with Gasteiger partial charge in [0.25, 0.3) is 0 Å². The molecule has 0 aliphatic heterocycles. The van der Waals surface area contributed by atoms with E-state index in [0.29, 0.717) is 0 Å². The van der Waals surface area contributed by atoms with Crippen LogP contribution in [0.4, 0.5) is 0 Å². The summed E-state index contributed by atoms with van der Waals surface area (Å²) in [6.07, 6.45) is 6.10. The quantitative estimate of drug-likeness (QED) is 0.298. The molecular formula is C8H15NS2. The van der Waals surface area contributed by atoms with Crippen molar-refractivity contribution in [3.05, 3.63) is 23.9 Å². The number of nitrogens with one attached hydrogen (secondary N) is 1. The van der Waals surface area contributed by atoms with Gasteiger partial charge in [-0.2, -0.15) is 0 Å². The minimum absolute atomic E-state index is 0.980. The van der Waals surface area contributed by atoms with Crippen LogP contribution < -0.4 is 5.32 Å². The topological polar surface area (TPSA) is 12.0 Å². The summed E-state index contributed by atoms with van der Waals surface area (Å²) < 4.78 is 0. The minimum atomic E-state index is 0.980. The first-order valence-corrected chi connectivity index (χ1v) is 5.65. The van der Waals surface area contributed by atoms with E-state index >= 15 is 0 Å². The highest BCUT2D eigenvalue weighted by Crippen LogP contribution is 2.02. The highest BCUT2D eigenvalue weighted by molar-refractivity contribution is 8.68. The molecule has 0 spiro atoms. The number of allylic oxidation sites excluding steroid dienone is 4. The zero-order valence-electron chi connectivity index (χ0n) is 7.00. The summed E-state index contributed by atoms with van der Waals surface area (Å²) in [6, 6.07) is 0. The Morgan fingerprint density at radius 1 is 1.64 bits per heavy atom. The largest absolute Gasteiger partial charge is 0.388 e. The lowest BCUT2D eigenvalue weighted by molar-refractivity contribution is 0.863. The van der Waals surface area contributed by atoms with Crippen molar-refractivity contribution < 1.29 is 0 Å². The Morgan fingerprint density at radius 2 is 2.36 bits per heavy atom. The summed E-state index contributed by atoms with van der Waals surface area (Å²) in [7, 11) is 1.55. The fraction of sp³-hybridized carbons (Fsp3) is 0.500. The first kappa shape index (κ1) is 11.0. The van der Waals surface area contributed by atoms with Crippen molar-refractivity contribution in [3.8, 4) is 0 Å². The summed E-state index contributed by atoms with van der Waals surface area (Å²) in [6.45, 7) is 5.05. The molecule has 0 saturated heterocycles. The first-order valence-electron chi connectivity index (χ1n) is 3.61. The van der Waals surface area contributed by atoms with Gasteiger partial charge in [-0.25, -0.2) is 0 Å². The molecule has 0 unspecified atom stereocenters. The lowest BCUT2D eigenvalue weighted by Gasteiger charge is -2.02. The van der Waals surface area contributed by atoms with Gasteiger partial charge in [0.15, 0.2) is 0 Å². The monoisotopic (exact) mass is 189 g/mol. The van der Waals surface area contributed by atoms with Crippen LogP contribution in [0.3, 0.4) is 0 Å². The van der Waals surface area contributed by atoms with Gasteiger partial charge in [-0.3, -0.25) is 0 Å². The normalized spacial score (nSPS) is 12.5. The zero-order valence-corrected chi connectivity index (χ0v) is 8.71. The SMILES string of the molecule is C/C=C\C=C(\C)NCCSS. The molecule has 1 nitrogen and oxygen atoms in total.